The topological polar surface area (TPSA) is 68.5 Å². The van der Waals surface area contributed by atoms with Crippen LogP contribution in [0.4, 0.5) is 0 Å². The number of fused-ring (bicyclic) bond motifs is 1. The minimum absolute atomic E-state index is 0.0529. The van der Waals surface area contributed by atoms with E-state index in [-0.39, 0.29) is 12.1 Å². The Kier molecular flexibility index (Phi) is 3.96. The van der Waals surface area contributed by atoms with E-state index in [0.717, 1.165) is 0 Å². The second-order valence-electron chi connectivity index (χ2n) is 5.72. The summed E-state index contributed by atoms with van der Waals surface area (Å²) in [7, 11) is 0. The molecule has 5 nitrogen and oxygen atoms in total. The number of aromatic nitrogens is 1. The van der Waals surface area contributed by atoms with Crippen LogP contribution in [0.1, 0.15) is 31.1 Å². The number of halogens is 1. The van der Waals surface area contributed by atoms with Crippen LogP contribution < -0.4 is 0 Å². The average molecular weight is 310 g/mol. The van der Waals surface area contributed by atoms with Gasteiger partial charge in [0.2, 0.25) is 0 Å². The van der Waals surface area contributed by atoms with Crippen molar-refractivity contribution in [1.82, 2.24) is 4.57 Å². The molecule has 0 fully saturated rings. The number of carbonyl (C=O) groups is 2. The molecule has 0 aliphatic rings. The summed E-state index contributed by atoms with van der Waals surface area (Å²) in [6, 6.07) is 4.92. The smallest absolute Gasteiger partial charge is 0.337 e. The fourth-order valence-corrected chi connectivity index (χ4v) is 2.26. The third-order valence-corrected chi connectivity index (χ3v) is 3.03. The summed E-state index contributed by atoms with van der Waals surface area (Å²) in [6.45, 7) is 5.28. The molecule has 0 bridgehead atoms. The fourth-order valence-electron chi connectivity index (χ4n) is 2.08. The van der Waals surface area contributed by atoms with Crippen molar-refractivity contribution in [2.75, 3.05) is 0 Å². The van der Waals surface area contributed by atoms with E-state index in [4.69, 9.17) is 16.3 Å². The van der Waals surface area contributed by atoms with Crippen LogP contribution in [0.5, 0.6) is 0 Å². The maximum atomic E-state index is 11.9. The van der Waals surface area contributed by atoms with Gasteiger partial charge in [-0.05, 0) is 39.0 Å². The molecular formula is C15H16ClNO4. The number of carbonyl (C=O) groups excluding carboxylic acids is 1. The van der Waals surface area contributed by atoms with Gasteiger partial charge in [0.25, 0.3) is 0 Å². The number of hydrogen-bond acceptors (Lipinski definition) is 3. The molecule has 0 aliphatic carbocycles. The normalized spacial score (nSPS) is 11.6. The molecule has 6 heteroatoms. The van der Waals surface area contributed by atoms with Crippen molar-refractivity contribution < 1.29 is 19.4 Å². The third-order valence-electron chi connectivity index (χ3n) is 2.79. The molecule has 0 amide bonds. The van der Waals surface area contributed by atoms with Gasteiger partial charge in [0, 0.05) is 22.1 Å². The first kappa shape index (κ1) is 15.4. The average Bonchev–Trinajstić information content (AvgIpc) is 2.64. The molecule has 0 spiro atoms. The summed E-state index contributed by atoms with van der Waals surface area (Å²) in [4.78, 5) is 23.2. The predicted molar refractivity (Wildman–Crippen MR) is 79.8 cm³/mol. The lowest BCUT2D eigenvalue weighted by Gasteiger charge is -2.19. The standard InChI is InChI=1S/C15H16ClNO4/c1-15(2,3)21-13(18)8-17-7-11(14(19)20)10-6-9(16)4-5-12(10)17/h4-7H,8H2,1-3H3,(H,19,20). The fraction of sp³-hybridized carbons (Fsp3) is 0.333. The predicted octanol–water partition coefficient (Wildman–Crippen LogP) is 3.33. The molecule has 0 unspecified atom stereocenters. The highest BCUT2D eigenvalue weighted by Crippen LogP contribution is 2.25. The zero-order valence-electron chi connectivity index (χ0n) is 12.0. The van der Waals surface area contributed by atoms with Gasteiger partial charge in [-0.2, -0.15) is 0 Å². The molecule has 1 N–H and O–H groups in total. The second-order valence-corrected chi connectivity index (χ2v) is 6.16. The van der Waals surface area contributed by atoms with E-state index in [1.807, 2.05) is 0 Å². The lowest BCUT2D eigenvalue weighted by Crippen LogP contribution is -2.26. The quantitative estimate of drug-likeness (QED) is 0.883. The Morgan fingerprint density at radius 3 is 2.57 bits per heavy atom. The molecule has 1 aromatic carbocycles. The summed E-state index contributed by atoms with van der Waals surface area (Å²) in [5.74, 6) is -1.49. The van der Waals surface area contributed by atoms with Crippen molar-refractivity contribution in [2.24, 2.45) is 0 Å². The molecular weight excluding hydrogens is 294 g/mol. The molecule has 1 aromatic heterocycles. The molecule has 2 aromatic rings. The molecule has 0 atom stereocenters. The van der Waals surface area contributed by atoms with Crippen LogP contribution >= 0.6 is 11.6 Å². The number of carboxylic acids is 1. The Morgan fingerprint density at radius 1 is 1.33 bits per heavy atom. The summed E-state index contributed by atoms with van der Waals surface area (Å²) >= 11 is 5.90. The number of nitrogens with zero attached hydrogens (tertiary/aromatic N) is 1. The van der Waals surface area contributed by atoms with E-state index in [1.165, 1.54) is 6.20 Å². The first-order valence-electron chi connectivity index (χ1n) is 6.41. The highest BCUT2D eigenvalue weighted by atomic mass is 35.5. The van der Waals surface area contributed by atoms with Gasteiger partial charge in [0.1, 0.15) is 12.1 Å². The lowest BCUT2D eigenvalue weighted by atomic mass is 10.2. The van der Waals surface area contributed by atoms with Gasteiger partial charge in [-0.3, -0.25) is 4.79 Å². The first-order valence-corrected chi connectivity index (χ1v) is 6.79. The van der Waals surface area contributed by atoms with E-state index in [2.05, 4.69) is 0 Å². The summed E-state index contributed by atoms with van der Waals surface area (Å²) < 4.78 is 6.81. The Hall–Kier alpha value is -2.01. The van der Waals surface area contributed by atoms with Gasteiger partial charge in [0.15, 0.2) is 0 Å². The van der Waals surface area contributed by atoms with E-state index >= 15 is 0 Å². The first-order chi connectivity index (χ1) is 9.67. The van der Waals surface area contributed by atoms with Crippen LogP contribution in [-0.4, -0.2) is 27.2 Å². The van der Waals surface area contributed by atoms with Crippen LogP contribution in [0.2, 0.25) is 5.02 Å². The Labute approximate surface area is 127 Å². The number of benzene rings is 1. The number of rotatable bonds is 3. The summed E-state index contributed by atoms with van der Waals surface area (Å²) in [6.07, 6.45) is 1.42. The highest BCUT2D eigenvalue weighted by Gasteiger charge is 2.19. The molecule has 1 heterocycles. The van der Waals surface area contributed by atoms with Crippen molar-refractivity contribution in [2.45, 2.75) is 32.9 Å². The molecule has 112 valence electrons. The van der Waals surface area contributed by atoms with Gasteiger partial charge < -0.3 is 14.4 Å². The largest absolute Gasteiger partial charge is 0.478 e. The minimum atomic E-state index is -1.06. The van der Waals surface area contributed by atoms with Crippen molar-refractivity contribution in [3.8, 4) is 0 Å². The number of aromatic carboxylic acids is 1. The number of ether oxygens (including phenoxy) is 1. The van der Waals surface area contributed by atoms with Crippen LogP contribution in [0.15, 0.2) is 24.4 Å². The Bertz CT molecular complexity index is 712. The van der Waals surface area contributed by atoms with Crippen LogP contribution in [0.3, 0.4) is 0 Å². The third kappa shape index (κ3) is 3.55. The summed E-state index contributed by atoms with van der Waals surface area (Å²) in [5, 5.41) is 10.2. The number of carboxylic acid groups (broad SMARTS) is 1. The monoisotopic (exact) mass is 309 g/mol. The summed E-state index contributed by atoms with van der Waals surface area (Å²) in [5.41, 5.74) is 0.151. The van der Waals surface area contributed by atoms with E-state index < -0.39 is 17.5 Å². The maximum Gasteiger partial charge on any atom is 0.337 e. The molecule has 0 saturated carbocycles. The molecule has 0 aliphatic heterocycles. The zero-order chi connectivity index (χ0) is 15.8. The Morgan fingerprint density at radius 2 is 2.00 bits per heavy atom. The molecule has 0 saturated heterocycles. The van der Waals surface area contributed by atoms with E-state index in [9.17, 15) is 14.7 Å². The van der Waals surface area contributed by atoms with Crippen molar-refractivity contribution >= 4 is 34.4 Å². The molecule has 0 radical (unpaired) electrons. The van der Waals surface area contributed by atoms with Gasteiger partial charge >= 0.3 is 11.9 Å². The van der Waals surface area contributed by atoms with Crippen molar-refractivity contribution in [3.63, 3.8) is 0 Å². The van der Waals surface area contributed by atoms with Crippen LogP contribution in [0, 0.1) is 0 Å². The van der Waals surface area contributed by atoms with Crippen LogP contribution in [-0.2, 0) is 16.1 Å². The number of esters is 1. The van der Waals surface area contributed by atoms with E-state index in [1.54, 1.807) is 43.5 Å². The van der Waals surface area contributed by atoms with Crippen molar-refractivity contribution in [1.29, 1.82) is 0 Å². The van der Waals surface area contributed by atoms with Gasteiger partial charge in [-0.15, -0.1) is 0 Å². The van der Waals surface area contributed by atoms with Gasteiger partial charge in [-0.1, -0.05) is 11.6 Å². The van der Waals surface area contributed by atoms with Gasteiger partial charge in [-0.25, -0.2) is 4.79 Å². The second kappa shape index (κ2) is 5.41. The van der Waals surface area contributed by atoms with E-state index in [0.29, 0.717) is 15.9 Å². The minimum Gasteiger partial charge on any atom is -0.478 e. The van der Waals surface area contributed by atoms with Crippen molar-refractivity contribution in [3.05, 3.63) is 35.0 Å². The molecule has 21 heavy (non-hydrogen) atoms. The zero-order valence-corrected chi connectivity index (χ0v) is 12.8. The van der Waals surface area contributed by atoms with Crippen LogP contribution in [0.25, 0.3) is 10.9 Å². The Balaban J connectivity index is 2.41. The maximum absolute atomic E-state index is 11.9. The SMILES string of the molecule is CC(C)(C)OC(=O)Cn1cc(C(=O)O)c2cc(Cl)ccc21. The lowest BCUT2D eigenvalue weighted by molar-refractivity contribution is -0.155. The molecule has 2 rings (SSSR count). The highest BCUT2D eigenvalue weighted by molar-refractivity contribution is 6.31. The number of hydrogen-bond donors (Lipinski definition) is 1. The van der Waals surface area contributed by atoms with Gasteiger partial charge in [0.05, 0.1) is 5.56 Å².